The van der Waals surface area contributed by atoms with Gasteiger partial charge in [-0.25, -0.2) is 9.97 Å². The Kier molecular flexibility index (Phi) is 6.39. The van der Waals surface area contributed by atoms with Crippen LogP contribution in [-0.4, -0.2) is 33.0 Å². The summed E-state index contributed by atoms with van der Waals surface area (Å²) in [6.07, 6.45) is 23.2. The summed E-state index contributed by atoms with van der Waals surface area (Å²) in [6.45, 7) is 2.25. The summed E-state index contributed by atoms with van der Waals surface area (Å²) in [7, 11) is 0. The van der Waals surface area contributed by atoms with Crippen LogP contribution in [0.5, 0.6) is 0 Å². The third kappa shape index (κ3) is 4.98. The van der Waals surface area contributed by atoms with Crippen molar-refractivity contribution in [2.45, 2.75) is 114 Å². The molecule has 8 aliphatic carbocycles. The van der Waals surface area contributed by atoms with Gasteiger partial charge in [0.05, 0.1) is 33.8 Å². The molecular weight excluding hydrogens is 589 g/mol. The first-order valence-electron chi connectivity index (χ1n) is 19.8. The van der Waals surface area contributed by atoms with E-state index in [9.17, 15) is 0 Å². The molecule has 14 rings (SSSR count). The van der Waals surface area contributed by atoms with Gasteiger partial charge in [-0.05, 0) is 153 Å². The minimum absolute atomic E-state index is 0.403. The van der Waals surface area contributed by atoms with Crippen LogP contribution >= 0.6 is 0 Å². The first kappa shape index (κ1) is 28.7. The van der Waals surface area contributed by atoms with Gasteiger partial charge >= 0.3 is 0 Å². The highest BCUT2D eigenvalue weighted by Gasteiger charge is 2.49. The van der Waals surface area contributed by atoms with E-state index in [0.717, 1.165) is 47.1 Å². The maximum Gasteiger partial charge on any atom is 0.154 e. The van der Waals surface area contributed by atoms with Crippen LogP contribution in [0.2, 0.25) is 0 Å². The Labute approximate surface area is 284 Å². The molecule has 4 heterocycles. The van der Waals surface area contributed by atoms with Crippen molar-refractivity contribution < 1.29 is 0 Å². The monoisotopic (exact) mass is 640 g/mol. The second kappa shape index (κ2) is 10.7. The van der Waals surface area contributed by atoms with E-state index in [-0.39, 0.29) is 0 Å². The fourth-order valence-electron chi connectivity index (χ4n) is 11.4. The minimum Gasteiger partial charge on any atom is -0.381 e. The van der Waals surface area contributed by atoms with E-state index in [0.29, 0.717) is 28.7 Å². The first-order chi connectivity index (χ1) is 23.6. The fraction of sp³-hybridized carbons (Fsp3) is 0.619. The third-order valence-corrected chi connectivity index (χ3v) is 14.9. The number of benzene rings is 2. The van der Waals surface area contributed by atoms with Crippen LogP contribution in [0.3, 0.4) is 0 Å². The van der Waals surface area contributed by atoms with Crippen LogP contribution in [0, 0.1) is 34.5 Å². The number of aromatic nitrogens is 4. The molecule has 2 spiro atoms. The molecule has 1 saturated heterocycles. The molecule has 48 heavy (non-hydrogen) atoms. The van der Waals surface area contributed by atoms with Gasteiger partial charge in [0.15, 0.2) is 5.82 Å². The summed E-state index contributed by atoms with van der Waals surface area (Å²) in [4.78, 5) is 17.6. The lowest BCUT2D eigenvalue weighted by Crippen LogP contribution is -2.29. The van der Waals surface area contributed by atoms with Crippen LogP contribution in [0.25, 0.3) is 27.8 Å². The summed E-state index contributed by atoms with van der Waals surface area (Å²) in [5.41, 5.74) is 10.1. The molecule has 7 atom stereocenters. The van der Waals surface area contributed by atoms with Crippen molar-refractivity contribution in [3.8, 4) is 0 Å². The molecule has 2 unspecified atom stereocenters. The number of hydrogen-bond donors (Lipinski definition) is 4. The zero-order chi connectivity index (χ0) is 31.5. The Morgan fingerprint density at radius 3 is 1.85 bits per heavy atom. The minimum atomic E-state index is 0.403. The molecular formula is C42H52N6. The molecule has 250 valence electrons. The van der Waals surface area contributed by atoms with Crippen LogP contribution in [-0.2, 0) is 0 Å². The largest absolute Gasteiger partial charge is 0.381 e. The van der Waals surface area contributed by atoms with Gasteiger partial charge in [0.2, 0.25) is 0 Å². The number of nitrogens with one attached hydrogen (secondary N) is 4. The zero-order valence-corrected chi connectivity index (χ0v) is 28.5. The zero-order valence-electron chi connectivity index (χ0n) is 28.5. The lowest BCUT2D eigenvalue weighted by atomic mass is 9.63. The predicted molar refractivity (Wildman–Crippen MR) is 192 cm³/mol. The molecule has 4 bridgehead atoms. The van der Waals surface area contributed by atoms with E-state index in [1.807, 2.05) is 0 Å². The molecule has 6 heteroatoms. The van der Waals surface area contributed by atoms with Crippen LogP contribution < -0.4 is 10.6 Å². The number of nitrogens with zero attached hydrogens (tertiary/aromatic N) is 2. The molecule has 2 aromatic carbocycles. The maximum atomic E-state index is 5.08. The van der Waals surface area contributed by atoms with Gasteiger partial charge < -0.3 is 20.6 Å². The molecule has 0 amide bonds. The van der Waals surface area contributed by atoms with Crippen molar-refractivity contribution in [2.75, 3.05) is 13.1 Å². The summed E-state index contributed by atoms with van der Waals surface area (Å²) >= 11 is 0. The van der Waals surface area contributed by atoms with E-state index in [1.54, 1.807) is 11.1 Å². The Bertz CT molecular complexity index is 1910. The van der Waals surface area contributed by atoms with Gasteiger partial charge in [0, 0.05) is 18.5 Å². The molecule has 4 N–H and O–H groups in total. The van der Waals surface area contributed by atoms with Gasteiger partial charge in [-0.2, -0.15) is 0 Å². The topological polar surface area (TPSA) is 81.4 Å². The molecule has 2 aromatic heterocycles. The van der Waals surface area contributed by atoms with Crippen molar-refractivity contribution in [1.29, 1.82) is 0 Å². The lowest BCUT2D eigenvalue weighted by molar-refractivity contribution is 0.145. The number of H-pyrrole nitrogens is 2. The summed E-state index contributed by atoms with van der Waals surface area (Å²) in [5, 5.41) is 7.41. The number of fused-ring (bicyclic) bond motifs is 2. The number of hydrogen-bond acceptors (Lipinski definition) is 4. The average Bonchev–Trinajstić information content (AvgIpc) is 3.72. The Morgan fingerprint density at radius 1 is 0.646 bits per heavy atom. The Hall–Kier alpha value is -3.12. The second-order valence-corrected chi connectivity index (χ2v) is 17.9. The van der Waals surface area contributed by atoms with Gasteiger partial charge in [0.25, 0.3) is 0 Å². The summed E-state index contributed by atoms with van der Waals surface area (Å²) < 4.78 is 0. The number of imidazole rings is 2. The van der Waals surface area contributed by atoms with Crippen molar-refractivity contribution >= 4 is 27.8 Å². The van der Waals surface area contributed by atoms with Crippen LogP contribution in [0.15, 0.2) is 42.5 Å². The SMILES string of the molecule is C1=C(c2nc3ccc(C4C[C@H]5CC[C@@H]4CC[C@@H]4CC[C@H](CC5)C(c5ccc6nc([C@@H]7CC8(CC8)CN7)[nH]c6c5)C4)cc3[nH]2)NCC12CC2. The number of aromatic amines is 2. The standard InChI is InChI=1S/C42H52N6/c1-5-27-8-4-26-2-6-28(32(18-26)30-10-12-34-36(20-30)48-40(46-34)38-22-42(15-16-42)24-44-38)7-3-25(1)17-31(27)29-9-11-33-35(19-29)47-39(45-33)37-21-41(13-14-41)23-43-37/h9-12,19-21,25-28,31-32,38,43-44H,1-8,13-18,22-24H2,(H,45,47)(H,46,48)/t25-,26-,27+,28+,31?,32?,38-/m0/s1. The molecule has 9 fully saturated rings. The normalized spacial score (nSPS) is 34.8. The molecule has 6 nitrogen and oxygen atoms in total. The lowest BCUT2D eigenvalue weighted by Gasteiger charge is -2.42. The van der Waals surface area contributed by atoms with E-state index in [1.165, 1.54) is 125 Å². The summed E-state index contributed by atoms with van der Waals surface area (Å²) in [5.74, 6) is 6.91. The van der Waals surface area contributed by atoms with E-state index in [4.69, 9.17) is 9.97 Å². The van der Waals surface area contributed by atoms with Gasteiger partial charge in [-0.3, -0.25) is 0 Å². The van der Waals surface area contributed by atoms with Crippen LogP contribution in [0.1, 0.15) is 137 Å². The highest BCUT2D eigenvalue weighted by molar-refractivity contribution is 5.80. The van der Waals surface area contributed by atoms with Gasteiger partial charge in [-0.1, -0.05) is 37.8 Å². The average molecular weight is 641 g/mol. The number of rotatable bonds is 4. The van der Waals surface area contributed by atoms with Gasteiger partial charge in [-0.15, -0.1) is 0 Å². The Balaban J connectivity index is 0.825. The molecule has 2 aliphatic heterocycles. The predicted octanol–water partition coefficient (Wildman–Crippen LogP) is 9.25. The highest BCUT2D eigenvalue weighted by Crippen LogP contribution is 2.55. The smallest absolute Gasteiger partial charge is 0.154 e. The van der Waals surface area contributed by atoms with Crippen molar-refractivity contribution in [1.82, 2.24) is 30.6 Å². The molecule has 10 aliphatic rings. The van der Waals surface area contributed by atoms with E-state index in [2.05, 4.69) is 63.1 Å². The third-order valence-electron chi connectivity index (χ3n) is 14.9. The quantitative estimate of drug-likeness (QED) is 0.179. The Morgan fingerprint density at radius 2 is 1.27 bits per heavy atom. The highest BCUT2D eigenvalue weighted by atomic mass is 15.1. The second-order valence-electron chi connectivity index (χ2n) is 17.9. The van der Waals surface area contributed by atoms with Gasteiger partial charge in [0.1, 0.15) is 5.82 Å². The summed E-state index contributed by atoms with van der Waals surface area (Å²) in [6, 6.07) is 14.9. The maximum absolute atomic E-state index is 5.08. The fourth-order valence-corrected chi connectivity index (χ4v) is 11.4. The molecule has 8 saturated carbocycles. The molecule has 4 aromatic rings. The van der Waals surface area contributed by atoms with Crippen LogP contribution in [0.4, 0.5) is 0 Å². The van der Waals surface area contributed by atoms with Crippen molar-refractivity contribution in [3.05, 3.63) is 65.2 Å². The van der Waals surface area contributed by atoms with Crippen molar-refractivity contribution in [2.24, 2.45) is 34.5 Å². The van der Waals surface area contributed by atoms with E-state index < -0.39 is 0 Å². The van der Waals surface area contributed by atoms with Crippen molar-refractivity contribution in [3.63, 3.8) is 0 Å². The van der Waals surface area contributed by atoms with E-state index >= 15 is 0 Å². The first-order valence-corrected chi connectivity index (χ1v) is 19.8. The molecule has 0 radical (unpaired) electrons.